The van der Waals surface area contributed by atoms with E-state index < -0.39 is 0 Å². The van der Waals surface area contributed by atoms with Gasteiger partial charge in [-0.3, -0.25) is 9.89 Å². The van der Waals surface area contributed by atoms with Crippen molar-refractivity contribution in [3.63, 3.8) is 0 Å². The lowest BCUT2D eigenvalue weighted by atomic mass is 10.1. The van der Waals surface area contributed by atoms with Crippen LogP contribution in [0.4, 0.5) is 5.69 Å². The largest absolute Gasteiger partial charge is 0.481 e. The Hall–Kier alpha value is -3.15. The smallest absolute Gasteiger partial charge is 0.273 e. The van der Waals surface area contributed by atoms with E-state index in [1.54, 1.807) is 18.2 Å². The number of hydrogen-bond acceptors (Lipinski definition) is 4. The molecule has 0 saturated heterocycles. The Bertz CT molecular complexity index is 807. The zero-order valence-electron chi connectivity index (χ0n) is 12.8. The highest BCUT2D eigenvalue weighted by Crippen LogP contribution is 2.19. The summed E-state index contributed by atoms with van der Waals surface area (Å²) in [6, 6.07) is 13.1. The number of methoxy groups -OCH3 is 1. The first-order valence-electron chi connectivity index (χ1n) is 7.09. The number of amides is 1. The zero-order valence-corrected chi connectivity index (χ0v) is 12.8. The molecule has 0 radical (unpaired) electrons. The van der Waals surface area contributed by atoms with Crippen LogP contribution in [-0.2, 0) is 0 Å². The summed E-state index contributed by atoms with van der Waals surface area (Å²) in [6.07, 6.45) is 1.54. The zero-order chi connectivity index (χ0) is 16.2. The fraction of sp³-hybridized carbons (Fsp3) is 0.118. The topological polar surface area (TPSA) is 79.9 Å². The summed E-state index contributed by atoms with van der Waals surface area (Å²) in [5.74, 6) is 0.217. The lowest BCUT2D eigenvalue weighted by Crippen LogP contribution is -2.12. The molecule has 3 aromatic rings. The Labute approximate surface area is 133 Å². The number of hydrogen-bond donors (Lipinski definition) is 2. The first-order chi connectivity index (χ1) is 11.2. The summed E-state index contributed by atoms with van der Waals surface area (Å²) in [5, 5.41) is 9.69. The monoisotopic (exact) mass is 308 g/mol. The van der Waals surface area contributed by atoms with Crippen molar-refractivity contribution < 1.29 is 9.53 Å². The second-order valence-corrected chi connectivity index (χ2v) is 5.08. The molecule has 0 aliphatic rings. The van der Waals surface area contributed by atoms with Crippen LogP contribution in [0, 0.1) is 6.92 Å². The quantitative estimate of drug-likeness (QED) is 0.776. The third-order valence-electron chi connectivity index (χ3n) is 3.37. The van der Waals surface area contributed by atoms with Crippen molar-refractivity contribution in [3.05, 3.63) is 59.9 Å². The molecule has 0 saturated carbocycles. The Morgan fingerprint density at radius 2 is 1.96 bits per heavy atom. The van der Waals surface area contributed by atoms with E-state index in [0.29, 0.717) is 17.3 Å². The molecule has 6 nitrogen and oxygen atoms in total. The van der Waals surface area contributed by atoms with E-state index in [4.69, 9.17) is 4.74 Å². The second-order valence-electron chi connectivity index (χ2n) is 5.08. The minimum atomic E-state index is -0.275. The van der Waals surface area contributed by atoms with Gasteiger partial charge >= 0.3 is 0 Å². The number of H-pyrrole nitrogens is 1. The van der Waals surface area contributed by atoms with Crippen LogP contribution in [0.25, 0.3) is 11.3 Å². The van der Waals surface area contributed by atoms with E-state index in [-0.39, 0.29) is 5.91 Å². The maximum atomic E-state index is 12.2. The molecule has 1 amide bonds. The van der Waals surface area contributed by atoms with E-state index in [9.17, 15) is 4.79 Å². The van der Waals surface area contributed by atoms with E-state index in [2.05, 4.69) is 20.5 Å². The standard InChI is InChI=1S/C17H16N4O2/c1-11-3-5-12(6-4-11)14-9-15(21-20-14)17(22)19-13-7-8-16(23-2)18-10-13/h3-10H,1-2H3,(H,19,22)(H,20,21). The van der Waals surface area contributed by atoms with Crippen molar-refractivity contribution in [2.75, 3.05) is 12.4 Å². The summed E-state index contributed by atoms with van der Waals surface area (Å²) in [7, 11) is 1.54. The van der Waals surface area contributed by atoms with Crippen molar-refractivity contribution in [3.8, 4) is 17.1 Å². The van der Waals surface area contributed by atoms with E-state index in [1.807, 2.05) is 31.2 Å². The van der Waals surface area contributed by atoms with Gasteiger partial charge in [0.05, 0.1) is 24.7 Å². The molecule has 3 rings (SSSR count). The fourth-order valence-corrected chi connectivity index (χ4v) is 2.08. The van der Waals surface area contributed by atoms with E-state index in [1.165, 1.54) is 18.9 Å². The third-order valence-corrected chi connectivity index (χ3v) is 3.37. The van der Waals surface area contributed by atoms with Crippen LogP contribution in [0.2, 0.25) is 0 Å². The number of nitrogens with one attached hydrogen (secondary N) is 2. The Morgan fingerprint density at radius 3 is 2.61 bits per heavy atom. The molecule has 2 heterocycles. The lowest BCUT2D eigenvalue weighted by molar-refractivity contribution is 0.102. The molecule has 0 atom stereocenters. The molecule has 0 aliphatic carbocycles. The van der Waals surface area contributed by atoms with Crippen LogP contribution in [0.5, 0.6) is 5.88 Å². The molecule has 0 fully saturated rings. The van der Waals surface area contributed by atoms with Gasteiger partial charge in [-0.15, -0.1) is 0 Å². The highest BCUT2D eigenvalue weighted by Gasteiger charge is 2.11. The van der Waals surface area contributed by atoms with Gasteiger partial charge in [0.25, 0.3) is 5.91 Å². The molecule has 0 spiro atoms. The van der Waals surface area contributed by atoms with Crippen molar-refractivity contribution in [1.29, 1.82) is 0 Å². The molecule has 2 aromatic heterocycles. The van der Waals surface area contributed by atoms with Gasteiger partial charge in [-0.05, 0) is 19.1 Å². The Morgan fingerprint density at radius 1 is 1.17 bits per heavy atom. The van der Waals surface area contributed by atoms with Crippen LogP contribution in [0.3, 0.4) is 0 Å². The number of carbonyl (C=O) groups excluding carboxylic acids is 1. The normalized spacial score (nSPS) is 10.3. The Balaban J connectivity index is 1.74. The molecular weight excluding hydrogens is 292 g/mol. The first-order valence-corrected chi connectivity index (χ1v) is 7.09. The van der Waals surface area contributed by atoms with E-state index >= 15 is 0 Å². The summed E-state index contributed by atoms with van der Waals surface area (Å²) >= 11 is 0. The number of anilines is 1. The van der Waals surface area contributed by atoms with Crippen LogP contribution < -0.4 is 10.1 Å². The van der Waals surface area contributed by atoms with Gasteiger partial charge in [0.15, 0.2) is 0 Å². The average Bonchev–Trinajstić information content (AvgIpc) is 3.06. The van der Waals surface area contributed by atoms with Gasteiger partial charge in [-0.2, -0.15) is 5.10 Å². The molecule has 2 N–H and O–H groups in total. The number of ether oxygens (including phenoxy) is 1. The molecule has 0 aliphatic heterocycles. The number of benzene rings is 1. The van der Waals surface area contributed by atoms with Crippen molar-refractivity contribution in [2.45, 2.75) is 6.92 Å². The average molecular weight is 308 g/mol. The number of carbonyl (C=O) groups is 1. The second kappa shape index (κ2) is 6.31. The van der Waals surface area contributed by atoms with Crippen LogP contribution in [0.15, 0.2) is 48.7 Å². The number of aromatic amines is 1. The SMILES string of the molecule is COc1ccc(NC(=O)c2cc(-c3ccc(C)cc3)n[nH]2)cn1. The third kappa shape index (κ3) is 3.37. The van der Waals surface area contributed by atoms with Crippen LogP contribution in [0.1, 0.15) is 16.1 Å². The summed E-state index contributed by atoms with van der Waals surface area (Å²) in [4.78, 5) is 16.3. The van der Waals surface area contributed by atoms with Gasteiger partial charge < -0.3 is 10.1 Å². The minimum Gasteiger partial charge on any atom is -0.481 e. The summed E-state index contributed by atoms with van der Waals surface area (Å²) in [5.41, 5.74) is 3.83. The number of aryl methyl sites for hydroxylation is 1. The molecule has 0 unspecified atom stereocenters. The maximum Gasteiger partial charge on any atom is 0.273 e. The number of nitrogens with zero attached hydrogens (tertiary/aromatic N) is 2. The van der Waals surface area contributed by atoms with Gasteiger partial charge in [-0.1, -0.05) is 29.8 Å². The fourth-order valence-electron chi connectivity index (χ4n) is 2.08. The van der Waals surface area contributed by atoms with Crippen molar-refractivity contribution >= 4 is 11.6 Å². The van der Waals surface area contributed by atoms with E-state index in [0.717, 1.165) is 11.3 Å². The predicted molar refractivity (Wildman–Crippen MR) is 87.5 cm³/mol. The predicted octanol–water partition coefficient (Wildman–Crippen LogP) is 3.04. The number of pyridine rings is 1. The minimum absolute atomic E-state index is 0.275. The van der Waals surface area contributed by atoms with Crippen LogP contribution >= 0.6 is 0 Å². The van der Waals surface area contributed by atoms with Gasteiger partial charge in [-0.25, -0.2) is 4.98 Å². The van der Waals surface area contributed by atoms with Crippen molar-refractivity contribution in [1.82, 2.24) is 15.2 Å². The van der Waals surface area contributed by atoms with Crippen molar-refractivity contribution in [2.24, 2.45) is 0 Å². The molecule has 0 bridgehead atoms. The number of rotatable bonds is 4. The molecule has 6 heteroatoms. The summed E-state index contributed by atoms with van der Waals surface area (Å²) in [6.45, 7) is 2.02. The summed E-state index contributed by atoms with van der Waals surface area (Å²) < 4.78 is 4.98. The lowest BCUT2D eigenvalue weighted by Gasteiger charge is -2.03. The first kappa shape index (κ1) is 14.8. The number of aromatic nitrogens is 3. The highest BCUT2D eigenvalue weighted by molar-refractivity contribution is 6.03. The highest BCUT2D eigenvalue weighted by atomic mass is 16.5. The van der Waals surface area contributed by atoms with Gasteiger partial charge in [0.1, 0.15) is 5.69 Å². The van der Waals surface area contributed by atoms with Gasteiger partial charge in [0.2, 0.25) is 5.88 Å². The molecule has 1 aromatic carbocycles. The maximum absolute atomic E-state index is 12.2. The van der Waals surface area contributed by atoms with Gasteiger partial charge in [0, 0.05) is 11.6 Å². The molecular formula is C17H16N4O2. The Kier molecular flexibility index (Phi) is 4.05. The molecule has 23 heavy (non-hydrogen) atoms. The molecule has 116 valence electrons. The van der Waals surface area contributed by atoms with Crippen LogP contribution in [-0.4, -0.2) is 28.2 Å².